The Morgan fingerprint density at radius 3 is 2.33 bits per heavy atom. The molecule has 0 N–H and O–H groups in total. The zero-order valence-corrected chi connectivity index (χ0v) is 26.7. The van der Waals surface area contributed by atoms with Crippen LogP contribution in [0.5, 0.6) is 5.75 Å². The molecule has 0 amide bonds. The van der Waals surface area contributed by atoms with Crippen LogP contribution in [0.4, 0.5) is 24.5 Å². The molecule has 6 rings (SSSR count). The third kappa shape index (κ3) is 7.62. The first-order chi connectivity index (χ1) is 22.3. The number of carbonyl (C=O) groups excluding carboxylic acids is 1. The summed E-state index contributed by atoms with van der Waals surface area (Å²) in [4.78, 5) is 21.2. The molecule has 4 aromatic rings. The number of alkyl halides is 3. The summed E-state index contributed by atoms with van der Waals surface area (Å²) in [6.07, 6.45) is -3.56. The number of rotatable bonds is 11. The fourth-order valence-corrected chi connectivity index (χ4v) is 7.03. The second kappa shape index (κ2) is 14.4. The molecule has 1 fully saturated rings. The number of anilines is 2. The normalized spacial score (nSPS) is 16.1. The third-order valence-electron chi connectivity index (χ3n) is 8.57. The number of piperazine rings is 1. The van der Waals surface area contributed by atoms with Crippen molar-refractivity contribution in [1.29, 1.82) is 0 Å². The second-order valence-corrected chi connectivity index (χ2v) is 12.9. The molecule has 4 aromatic carbocycles. The Morgan fingerprint density at radius 2 is 1.52 bits per heavy atom. The van der Waals surface area contributed by atoms with Crippen LogP contribution in [-0.2, 0) is 15.7 Å². The molecular weight excluding hydrogens is 611 g/mol. The van der Waals surface area contributed by atoms with Gasteiger partial charge in [0.05, 0.1) is 22.9 Å². The van der Waals surface area contributed by atoms with Crippen LogP contribution in [0.3, 0.4) is 0 Å². The molecule has 0 saturated carbocycles. The Kier molecular flexibility index (Phi) is 10.1. The molecule has 1 unspecified atom stereocenters. The van der Waals surface area contributed by atoms with Crippen LogP contribution in [0, 0.1) is 5.92 Å². The van der Waals surface area contributed by atoms with Crippen LogP contribution in [0.25, 0.3) is 10.8 Å². The van der Waals surface area contributed by atoms with E-state index in [0.29, 0.717) is 25.4 Å². The molecule has 242 valence electrons. The average molecular weight is 650 g/mol. The predicted octanol–water partition coefficient (Wildman–Crippen LogP) is 7.73. The quantitative estimate of drug-likeness (QED) is 0.154. The highest BCUT2D eigenvalue weighted by Crippen LogP contribution is 2.49. The van der Waals surface area contributed by atoms with Gasteiger partial charge in [-0.25, -0.2) is 0 Å². The molecule has 2 aliphatic heterocycles. The molecule has 0 aliphatic carbocycles. The lowest BCUT2D eigenvalue weighted by Gasteiger charge is -2.36. The molecule has 46 heavy (non-hydrogen) atoms. The third-order valence-corrected chi connectivity index (χ3v) is 9.70. The van der Waals surface area contributed by atoms with Crippen molar-refractivity contribution in [2.24, 2.45) is 5.92 Å². The molecular formula is C36H38F3N3O3S. The monoisotopic (exact) mass is 649 g/mol. The van der Waals surface area contributed by atoms with Crippen molar-refractivity contribution >= 4 is 39.9 Å². The number of halogens is 3. The van der Waals surface area contributed by atoms with Crippen molar-refractivity contribution < 1.29 is 27.4 Å². The maximum atomic E-state index is 13.5. The zero-order chi connectivity index (χ0) is 32.1. The maximum absolute atomic E-state index is 13.5. The van der Waals surface area contributed by atoms with E-state index in [1.807, 2.05) is 78.6 Å². The average Bonchev–Trinajstić information content (AvgIpc) is 3.06. The molecule has 0 aromatic heterocycles. The van der Waals surface area contributed by atoms with Gasteiger partial charge in [0.1, 0.15) is 19.0 Å². The molecule has 0 radical (unpaired) electrons. The first-order valence-corrected chi connectivity index (χ1v) is 16.6. The lowest BCUT2D eigenvalue weighted by molar-refractivity contribution is -0.149. The van der Waals surface area contributed by atoms with E-state index in [-0.39, 0.29) is 18.5 Å². The van der Waals surface area contributed by atoms with Crippen LogP contribution in [-0.4, -0.2) is 74.8 Å². The molecule has 6 nitrogen and oxygen atoms in total. The predicted molar refractivity (Wildman–Crippen MR) is 176 cm³/mol. The van der Waals surface area contributed by atoms with Crippen molar-refractivity contribution in [1.82, 2.24) is 9.80 Å². The number of ether oxygens (including phenoxy) is 2. The summed E-state index contributed by atoms with van der Waals surface area (Å²) in [5, 5.41) is 2.11. The Bertz CT molecular complexity index is 1650. The Hall–Kier alpha value is -3.73. The van der Waals surface area contributed by atoms with Gasteiger partial charge in [-0.2, -0.15) is 13.2 Å². The van der Waals surface area contributed by atoms with Gasteiger partial charge in [0.2, 0.25) is 0 Å². The highest BCUT2D eigenvalue weighted by molar-refractivity contribution is 7.99. The SMILES string of the molecule is CC(COc1cccc2ccccc12)C(=O)OCCN1CCN(CCCN2c3ccccc3Sc3ccc(C(F)(F)F)cc32)CC1. The summed E-state index contributed by atoms with van der Waals surface area (Å²) >= 11 is 1.52. The van der Waals surface area contributed by atoms with Gasteiger partial charge in [0.25, 0.3) is 0 Å². The highest BCUT2D eigenvalue weighted by Gasteiger charge is 2.33. The largest absolute Gasteiger partial charge is 0.492 e. The van der Waals surface area contributed by atoms with E-state index in [9.17, 15) is 18.0 Å². The van der Waals surface area contributed by atoms with Gasteiger partial charge in [0, 0.05) is 54.4 Å². The standard InChI is InChI=1S/C36H38F3N3O3S/c1-26(25-45-32-12-6-9-27-8-2-3-10-29(27)32)35(43)44-23-22-41-20-18-40(19-21-41)16-7-17-42-30-11-4-5-13-33(30)46-34-15-14-28(24-31(34)42)36(37,38)39/h2-6,8-15,24,26H,7,16-23,25H2,1H3. The Labute approximate surface area is 272 Å². The molecule has 2 aliphatic rings. The number of benzene rings is 4. The fraction of sp³-hybridized carbons (Fsp3) is 0.361. The smallest absolute Gasteiger partial charge is 0.416 e. The highest BCUT2D eigenvalue weighted by atomic mass is 32.2. The number of hydrogen-bond donors (Lipinski definition) is 0. The molecule has 0 spiro atoms. The summed E-state index contributed by atoms with van der Waals surface area (Å²) < 4.78 is 52.1. The lowest BCUT2D eigenvalue weighted by atomic mass is 10.1. The van der Waals surface area contributed by atoms with Gasteiger partial charge in [-0.15, -0.1) is 0 Å². The van der Waals surface area contributed by atoms with E-state index in [2.05, 4.69) is 9.80 Å². The summed E-state index contributed by atoms with van der Waals surface area (Å²) in [7, 11) is 0. The minimum atomic E-state index is -4.38. The Balaban J connectivity index is 0.927. The number of carbonyl (C=O) groups is 1. The molecule has 1 saturated heterocycles. The van der Waals surface area contributed by atoms with E-state index >= 15 is 0 Å². The fourth-order valence-electron chi connectivity index (χ4n) is 5.96. The van der Waals surface area contributed by atoms with Crippen LogP contribution in [0.2, 0.25) is 0 Å². The van der Waals surface area contributed by atoms with Gasteiger partial charge in [-0.1, -0.05) is 60.3 Å². The van der Waals surface area contributed by atoms with E-state index in [0.717, 1.165) is 71.1 Å². The van der Waals surface area contributed by atoms with Crippen molar-refractivity contribution in [2.45, 2.75) is 29.3 Å². The first-order valence-electron chi connectivity index (χ1n) is 15.7. The van der Waals surface area contributed by atoms with Crippen LogP contribution < -0.4 is 9.64 Å². The summed E-state index contributed by atoms with van der Waals surface area (Å²) in [5.74, 6) is 0.115. The molecule has 10 heteroatoms. The first kappa shape index (κ1) is 32.2. The zero-order valence-electron chi connectivity index (χ0n) is 25.8. The van der Waals surface area contributed by atoms with E-state index < -0.39 is 11.7 Å². The molecule has 2 heterocycles. The van der Waals surface area contributed by atoms with Crippen LogP contribution >= 0.6 is 11.8 Å². The van der Waals surface area contributed by atoms with Crippen LogP contribution in [0.15, 0.2) is 94.7 Å². The minimum absolute atomic E-state index is 0.252. The number of para-hydroxylation sites is 1. The van der Waals surface area contributed by atoms with Crippen molar-refractivity contribution in [3.8, 4) is 5.75 Å². The summed E-state index contributed by atoms with van der Waals surface area (Å²) in [6.45, 7) is 8.11. The van der Waals surface area contributed by atoms with Gasteiger partial charge < -0.3 is 19.3 Å². The van der Waals surface area contributed by atoms with Gasteiger partial charge >= 0.3 is 12.1 Å². The lowest BCUT2D eigenvalue weighted by Crippen LogP contribution is -2.47. The summed E-state index contributed by atoms with van der Waals surface area (Å²) in [6, 6.07) is 25.8. The van der Waals surface area contributed by atoms with Gasteiger partial charge in [0.15, 0.2) is 0 Å². The van der Waals surface area contributed by atoms with Crippen molar-refractivity contribution in [2.75, 3.05) is 63.9 Å². The molecule has 1 atom stereocenters. The summed E-state index contributed by atoms with van der Waals surface area (Å²) in [5.41, 5.74) is 0.946. The number of nitrogens with zero attached hydrogens (tertiary/aromatic N) is 3. The van der Waals surface area contributed by atoms with Crippen molar-refractivity contribution in [3.05, 3.63) is 90.5 Å². The number of hydrogen-bond acceptors (Lipinski definition) is 7. The van der Waals surface area contributed by atoms with Gasteiger partial charge in [-0.3, -0.25) is 9.69 Å². The second-order valence-electron chi connectivity index (χ2n) is 11.8. The van der Waals surface area contributed by atoms with Gasteiger partial charge in [-0.05, 0) is 61.7 Å². The Morgan fingerprint density at radius 1 is 0.826 bits per heavy atom. The van der Waals surface area contributed by atoms with E-state index in [4.69, 9.17) is 9.47 Å². The number of esters is 1. The topological polar surface area (TPSA) is 45.3 Å². The van der Waals surface area contributed by atoms with Crippen LogP contribution in [0.1, 0.15) is 18.9 Å². The minimum Gasteiger partial charge on any atom is -0.492 e. The van der Waals surface area contributed by atoms with Crippen molar-refractivity contribution in [3.63, 3.8) is 0 Å². The van der Waals surface area contributed by atoms with E-state index in [1.165, 1.54) is 23.9 Å². The maximum Gasteiger partial charge on any atom is 0.416 e. The van der Waals surface area contributed by atoms with E-state index in [1.54, 1.807) is 6.07 Å². The molecule has 0 bridgehead atoms. The number of fused-ring (bicyclic) bond motifs is 3.